The molecule has 1 aromatic carbocycles. The van der Waals surface area contributed by atoms with Crippen LogP contribution in [0.1, 0.15) is 36.0 Å². The average Bonchev–Trinajstić information content (AvgIpc) is 3.12. The number of carbonyl (C=O) groups excluding carboxylic acids is 1. The first-order valence-electron chi connectivity index (χ1n) is 8.96. The Labute approximate surface area is 154 Å². The van der Waals surface area contributed by atoms with Gasteiger partial charge in [-0.2, -0.15) is 0 Å². The number of carbonyl (C=O) groups is 1. The largest absolute Gasteiger partial charge is 0.497 e. The highest BCUT2D eigenvalue weighted by Gasteiger charge is 2.31. The van der Waals surface area contributed by atoms with E-state index in [1.54, 1.807) is 13.3 Å². The molecule has 6 nitrogen and oxygen atoms in total. The highest BCUT2D eigenvalue weighted by Crippen LogP contribution is 2.30. The number of ether oxygens (including phenoxy) is 1. The number of nitrogens with zero attached hydrogens (tertiary/aromatic N) is 4. The molecule has 6 heteroatoms. The molecule has 26 heavy (non-hydrogen) atoms. The SMILES string of the molecule is COc1ccc(CC(=O)N2CCCC2c2nccc(CN(C)C)n2)cc1. The van der Waals surface area contributed by atoms with Crippen molar-refractivity contribution in [1.82, 2.24) is 19.8 Å². The fourth-order valence-corrected chi connectivity index (χ4v) is 3.34. The Kier molecular flexibility index (Phi) is 5.83. The number of aromatic nitrogens is 2. The lowest BCUT2D eigenvalue weighted by atomic mass is 10.1. The lowest BCUT2D eigenvalue weighted by molar-refractivity contribution is -0.131. The molecule has 2 aromatic rings. The smallest absolute Gasteiger partial charge is 0.227 e. The molecular weight excluding hydrogens is 328 g/mol. The summed E-state index contributed by atoms with van der Waals surface area (Å²) in [5.41, 5.74) is 1.97. The van der Waals surface area contributed by atoms with E-state index < -0.39 is 0 Å². The summed E-state index contributed by atoms with van der Waals surface area (Å²) in [7, 11) is 5.67. The Balaban J connectivity index is 1.71. The molecule has 0 bridgehead atoms. The fraction of sp³-hybridized carbons (Fsp3) is 0.450. The molecule has 1 aliphatic heterocycles. The van der Waals surface area contributed by atoms with Gasteiger partial charge in [0.15, 0.2) is 5.82 Å². The van der Waals surface area contributed by atoms with Gasteiger partial charge in [-0.15, -0.1) is 0 Å². The number of amides is 1. The third-order valence-electron chi connectivity index (χ3n) is 4.60. The first-order valence-corrected chi connectivity index (χ1v) is 8.96. The number of hydrogen-bond donors (Lipinski definition) is 0. The Bertz CT molecular complexity index is 746. The molecule has 0 radical (unpaired) electrons. The average molecular weight is 354 g/mol. The van der Waals surface area contributed by atoms with Gasteiger partial charge in [0.25, 0.3) is 0 Å². The summed E-state index contributed by atoms with van der Waals surface area (Å²) in [6.07, 6.45) is 4.09. The summed E-state index contributed by atoms with van der Waals surface area (Å²) in [5, 5.41) is 0. The summed E-state index contributed by atoms with van der Waals surface area (Å²) >= 11 is 0. The molecule has 138 valence electrons. The van der Waals surface area contributed by atoms with Crippen molar-refractivity contribution >= 4 is 5.91 Å². The number of likely N-dealkylation sites (tertiary alicyclic amines) is 1. The van der Waals surface area contributed by atoms with E-state index in [-0.39, 0.29) is 11.9 Å². The van der Waals surface area contributed by atoms with Gasteiger partial charge < -0.3 is 14.5 Å². The molecule has 0 spiro atoms. The number of methoxy groups -OCH3 is 1. The van der Waals surface area contributed by atoms with Crippen LogP contribution in [0.3, 0.4) is 0 Å². The van der Waals surface area contributed by atoms with Gasteiger partial charge >= 0.3 is 0 Å². The topological polar surface area (TPSA) is 58.6 Å². The molecule has 1 unspecified atom stereocenters. The normalized spacial score (nSPS) is 16.9. The minimum absolute atomic E-state index is 0.0251. The van der Waals surface area contributed by atoms with Crippen LogP contribution in [0.15, 0.2) is 36.5 Å². The molecule has 1 saturated heterocycles. The van der Waals surface area contributed by atoms with Gasteiger partial charge in [-0.3, -0.25) is 4.79 Å². The molecule has 1 amide bonds. The van der Waals surface area contributed by atoms with Crippen LogP contribution in [0.2, 0.25) is 0 Å². The monoisotopic (exact) mass is 354 g/mol. The maximum absolute atomic E-state index is 12.8. The Hall–Kier alpha value is -2.47. The molecule has 1 aliphatic rings. The lowest BCUT2D eigenvalue weighted by Gasteiger charge is -2.24. The minimum Gasteiger partial charge on any atom is -0.497 e. The van der Waals surface area contributed by atoms with Crippen LogP contribution in [-0.4, -0.2) is 53.4 Å². The van der Waals surface area contributed by atoms with E-state index in [4.69, 9.17) is 9.72 Å². The zero-order valence-electron chi connectivity index (χ0n) is 15.7. The second-order valence-corrected chi connectivity index (χ2v) is 6.91. The van der Waals surface area contributed by atoms with E-state index in [9.17, 15) is 4.79 Å². The predicted molar refractivity (Wildman–Crippen MR) is 99.8 cm³/mol. The van der Waals surface area contributed by atoms with Crippen LogP contribution in [0.4, 0.5) is 0 Å². The van der Waals surface area contributed by atoms with Crippen LogP contribution in [0, 0.1) is 0 Å². The van der Waals surface area contributed by atoms with E-state index in [1.165, 1.54) is 0 Å². The minimum atomic E-state index is -0.0251. The number of hydrogen-bond acceptors (Lipinski definition) is 5. The molecule has 0 aliphatic carbocycles. The van der Waals surface area contributed by atoms with Crippen LogP contribution in [0.5, 0.6) is 5.75 Å². The van der Waals surface area contributed by atoms with E-state index in [0.29, 0.717) is 6.42 Å². The molecule has 1 aromatic heterocycles. The summed E-state index contributed by atoms with van der Waals surface area (Å²) in [6, 6.07) is 9.56. The second-order valence-electron chi connectivity index (χ2n) is 6.91. The highest BCUT2D eigenvalue weighted by molar-refractivity contribution is 5.79. The standard InChI is InChI=1S/C20H26N4O2/c1-23(2)14-16-10-11-21-20(22-16)18-5-4-12-24(18)19(25)13-15-6-8-17(26-3)9-7-15/h6-11,18H,4-5,12-14H2,1-3H3. The number of benzene rings is 1. The lowest BCUT2D eigenvalue weighted by Crippen LogP contribution is -2.32. The molecule has 0 N–H and O–H groups in total. The Morgan fingerprint density at radius 3 is 2.73 bits per heavy atom. The van der Waals surface area contributed by atoms with Crippen LogP contribution < -0.4 is 4.74 Å². The third-order valence-corrected chi connectivity index (χ3v) is 4.60. The first-order chi connectivity index (χ1) is 12.6. The zero-order valence-corrected chi connectivity index (χ0v) is 15.7. The van der Waals surface area contributed by atoms with Crippen molar-refractivity contribution < 1.29 is 9.53 Å². The fourth-order valence-electron chi connectivity index (χ4n) is 3.34. The van der Waals surface area contributed by atoms with Gasteiger partial charge in [-0.1, -0.05) is 12.1 Å². The summed E-state index contributed by atoms with van der Waals surface area (Å²) in [6.45, 7) is 1.53. The van der Waals surface area contributed by atoms with Crippen molar-refractivity contribution in [2.45, 2.75) is 31.8 Å². The molecule has 1 atom stereocenters. The molecule has 2 heterocycles. The zero-order chi connectivity index (χ0) is 18.5. The Morgan fingerprint density at radius 1 is 1.27 bits per heavy atom. The molecule has 0 saturated carbocycles. The van der Waals surface area contributed by atoms with Crippen molar-refractivity contribution in [3.8, 4) is 5.75 Å². The van der Waals surface area contributed by atoms with E-state index >= 15 is 0 Å². The van der Waals surface area contributed by atoms with Crippen molar-refractivity contribution in [3.63, 3.8) is 0 Å². The summed E-state index contributed by atoms with van der Waals surface area (Å²) in [4.78, 5) is 26.0. The van der Waals surface area contributed by atoms with Gasteiger partial charge in [0.1, 0.15) is 5.75 Å². The summed E-state index contributed by atoms with van der Waals surface area (Å²) < 4.78 is 5.17. The van der Waals surface area contributed by atoms with Crippen molar-refractivity contribution in [2.75, 3.05) is 27.7 Å². The first kappa shape index (κ1) is 18.3. The Morgan fingerprint density at radius 2 is 2.04 bits per heavy atom. The maximum Gasteiger partial charge on any atom is 0.227 e. The molecular formula is C20H26N4O2. The van der Waals surface area contributed by atoms with Crippen molar-refractivity contribution in [1.29, 1.82) is 0 Å². The van der Waals surface area contributed by atoms with Crippen LogP contribution in [0.25, 0.3) is 0 Å². The van der Waals surface area contributed by atoms with Gasteiger partial charge in [0.2, 0.25) is 5.91 Å². The summed E-state index contributed by atoms with van der Waals surface area (Å²) in [5.74, 6) is 1.68. The van der Waals surface area contributed by atoms with Crippen LogP contribution >= 0.6 is 0 Å². The maximum atomic E-state index is 12.8. The van der Waals surface area contributed by atoms with Gasteiger partial charge in [-0.25, -0.2) is 9.97 Å². The highest BCUT2D eigenvalue weighted by atomic mass is 16.5. The van der Waals surface area contributed by atoms with Crippen LogP contribution in [-0.2, 0) is 17.8 Å². The molecule has 3 rings (SSSR count). The number of rotatable bonds is 6. The molecule has 1 fully saturated rings. The quantitative estimate of drug-likeness (QED) is 0.797. The van der Waals surface area contributed by atoms with E-state index in [2.05, 4.69) is 9.88 Å². The van der Waals surface area contributed by atoms with E-state index in [0.717, 1.165) is 48.8 Å². The predicted octanol–water partition coefficient (Wildman–Crippen LogP) is 2.45. The second kappa shape index (κ2) is 8.27. The van der Waals surface area contributed by atoms with Gasteiger partial charge in [0.05, 0.1) is 25.3 Å². The van der Waals surface area contributed by atoms with Gasteiger partial charge in [0, 0.05) is 19.3 Å². The van der Waals surface area contributed by atoms with Crippen molar-refractivity contribution in [2.24, 2.45) is 0 Å². The third kappa shape index (κ3) is 4.38. The van der Waals surface area contributed by atoms with Crippen molar-refractivity contribution in [3.05, 3.63) is 53.6 Å². The van der Waals surface area contributed by atoms with Gasteiger partial charge in [-0.05, 0) is 50.7 Å². The van der Waals surface area contributed by atoms with E-state index in [1.807, 2.05) is 49.3 Å².